The number of anilines is 2. The van der Waals surface area contributed by atoms with Crippen molar-refractivity contribution in [2.45, 2.75) is 33.7 Å². The molecule has 1 amide bonds. The van der Waals surface area contributed by atoms with Crippen LogP contribution in [-0.2, 0) is 18.4 Å². The number of nitrogens with two attached hydrogens (primary N) is 1. The topological polar surface area (TPSA) is 119 Å². The van der Waals surface area contributed by atoms with Gasteiger partial charge in [-0.15, -0.1) is 0 Å². The van der Waals surface area contributed by atoms with E-state index in [1.165, 1.54) is 16.5 Å². The summed E-state index contributed by atoms with van der Waals surface area (Å²) >= 11 is 0. The number of ketones is 1. The van der Waals surface area contributed by atoms with Gasteiger partial charge < -0.3 is 11.1 Å². The van der Waals surface area contributed by atoms with Gasteiger partial charge in [-0.25, -0.2) is 4.79 Å². The van der Waals surface area contributed by atoms with Crippen LogP contribution in [0.1, 0.15) is 34.8 Å². The Bertz CT molecular complexity index is 1060. The van der Waals surface area contributed by atoms with Gasteiger partial charge in [0.2, 0.25) is 5.91 Å². The summed E-state index contributed by atoms with van der Waals surface area (Å²) in [5, 5.41) is 2.86. The zero-order valence-corrected chi connectivity index (χ0v) is 18.1. The molecule has 2 rings (SSSR count). The van der Waals surface area contributed by atoms with Crippen molar-refractivity contribution in [2.75, 3.05) is 31.2 Å². The molecule has 0 saturated heterocycles. The van der Waals surface area contributed by atoms with Gasteiger partial charge in [-0.05, 0) is 38.4 Å². The molecule has 0 saturated carbocycles. The molecule has 1 aromatic heterocycles. The quantitative estimate of drug-likeness (QED) is 0.619. The molecule has 0 aliphatic rings. The number of benzene rings is 1. The van der Waals surface area contributed by atoms with Crippen LogP contribution in [0.4, 0.5) is 11.5 Å². The van der Waals surface area contributed by atoms with Gasteiger partial charge in [-0.1, -0.05) is 25.1 Å². The van der Waals surface area contributed by atoms with Crippen molar-refractivity contribution in [3.05, 3.63) is 55.7 Å². The smallest absolute Gasteiger partial charge is 0.332 e. The highest BCUT2D eigenvalue weighted by Crippen LogP contribution is 2.19. The minimum absolute atomic E-state index is 0.0473. The number of rotatable bonds is 8. The first kappa shape index (κ1) is 23.1. The molecule has 1 aromatic carbocycles. The fraction of sp³-hybridized carbons (Fsp3) is 0.429. The van der Waals surface area contributed by atoms with Gasteiger partial charge in [0.1, 0.15) is 11.4 Å². The molecule has 9 heteroatoms. The van der Waals surface area contributed by atoms with E-state index in [-0.39, 0.29) is 30.4 Å². The predicted molar refractivity (Wildman–Crippen MR) is 117 cm³/mol. The number of amides is 1. The van der Waals surface area contributed by atoms with Crippen LogP contribution in [-0.4, -0.2) is 45.9 Å². The van der Waals surface area contributed by atoms with E-state index < -0.39 is 17.0 Å². The molecule has 2 aromatic rings. The number of nitrogens with zero attached hydrogens (tertiary/aromatic N) is 3. The van der Waals surface area contributed by atoms with E-state index >= 15 is 0 Å². The van der Waals surface area contributed by atoms with Gasteiger partial charge in [0.05, 0.1) is 13.1 Å². The van der Waals surface area contributed by atoms with Gasteiger partial charge in [-0.2, -0.15) is 0 Å². The van der Waals surface area contributed by atoms with Crippen LogP contribution >= 0.6 is 0 Å². The number of hydrogen-bond acceptors (Lipinski definition) is 6. The van der Waals surface area contributed by atoms with Crippen LogP contribution in [0.3, 0.4) is 0 Å². The van der Waals surface area contributed by atoms with E-state index in [0.29, 0.717) is 13.0 Å². The first-order chi connectivity index (χ1) is 14.1. The lowest BCUT2D eigenvalue weighted by atomic mass is 10.1. The van der Waals surface area contributed by atoms with Crippen molar-refractivity contribution in [3.63, 3.8) is 0 Å². The molecule has 0 fully saturated rings. The number of nitrogens with one attached hydrogen (secondary N) is 1. The molecule has 0 spiro atoms. The van der Waals surface area contributed by atoms with Gasteiger partial charge in [-0.3, -0.25) is 28.4 Å². The van der Waals surface area contributed by atoms with Gasteiger partial charge in [0.15, 0.2) is 5.78 Å². The molecular weight excluding hydrogens is 386 g/mol. The monoisotopic (exact) mass is 415 g/mol. The summed E-state index contributed by atoms with van der Waals surface area (Å²) in [4.78, 5) is 51.4. The van der Waals surface area contributed by atoms with Crippen LogP contribution in [0.15, 0.2) is 27.8 Å². The number of hydrogen-bond donors (Lipinski definition) is 2. The number of para-hydroxylation sites is 1. The fourth-order valence-corrected chi connectivity index (χ4v) is 3.30. The Morgan fingerprint density at radius 1 is 1.13 bits per heavy atom. The first-order valence-electron chi connectivity index (χ1n) is 9.75. The highest BCUT2D eigenvalue weighted by Gasteiger charge is 2.23. The van der Waals surface area contributed by atoms with Crippen LogP contribution < -0.4 is 22.3 Å². The normalized spacial score (nSPS) is 11.0. The summed E-state index contributed by atoms with van der Waals surface area (Å²) in [6.07, 6.45) is 0.619. The number of aromatic nitrogens is 2. The summed E-state index contributed by atoms with van der Waals surface area (Å²) in [6, 6.07) is 5.72. The van der Waals surface area contributed by atoms with Crippen molar-refractivity contribution in [1.82, 2.24) is 14.0 Å². The van der Waals surface area contributed by atoms with E-state index in [0.717, 1.165) is 21.4 Å². The lowest BCUT2D eigenvalue weighted by Gasteiger charge is -2.18. The van der Waals surface area contributed by atoms with E-state index in [4.69, 9.17) is 5.73 Å². The minimum atomic E-state index is -0.733. The summed E-state index contributed by atoms with van der Waals surface area (Å²) < 4.78 is 2.11. The maximum Gasteiger partial charge on any atom is 0.332 e. The Labute approximate surface area is 175 Å². The molecule has 3 N–H and O–H groups in total. The Morgan fingerprint density at radius 2 is 1.73 bits per heavy atom. The molecule has 0 atom stereocenters. The van der Waals surface area contributed by atoms with Crippen LogP contribution in [0.2, 0.25) is 0 Å². The number of likely N-dealkylation sites (N-methyl/N-ethyl adjacent to an activating group) is 1. The number of aryl methyl sites for hydroxylation is 2. The summed E-state index contributed by atoms with van der Waals surface area (Å²) in [5.74, 6) is -0.955. The highest BCUT2D eigenvalue weighted by atomic mass is 16.2. The molecule has 0 radical (unpaired) electrons. The standard InChI is InChI=1S/C21H29N5O4/c1-6-10-26-19(22)17(20(29)25(5)21(26)30)15(27)11-24(4)12-16(28)23-18-13(2)8-7-9-14(18)3/h7-9H,6,10-12,22H2,1-5H3,(H,23,28). The Morgan fingerprint density at radius 3 is 2.30 bits per heavy atom. The maximum absolute atomic E-state index is 12.8. The third-order valence-electron chi connectivity index (χ3n) is 4.88. The maximum atomic E-state index is 12.8. The van der Waals surface area contributed by atoms with Crippen molar-refractivity contribution < 1.29 is 9.59 Å². The van der Waals surface area contributed by atoms with Crippen LogP contribution in [0.25, 0.3) is 0 Å². The third kappa shape index (κ3) is 4.85. The number of Topliss-reactive ketones (excluding diaryl/α,β-unsaturated/α-hetero) is 1. The SMILES string of the molecule is CCCn1c(N)c(C(=O)CN(C)CC(=O)Nc2c(C)cccc2C)c(=O)n(C)c1=O. The average Bonchev–Trinajstić information content (AvgIpc) is 2.66. The highest BCUT2D eigenvalue weighted by molar-refractivity contribution is 6.01. The molecule has 30 heavy (non-hydrogen) atoms. The number of carbonyl (C=O) groups excluding carboxylic acids is 2. The van der Waals surface area contributed by atoms with Crippen molar-refractivity contribution in [1.29, 1.82) is 0 Å². The second-order valence-electron chi connectivity index (χ2n) is 7.47. The third-order valence-corrected chi connectivity index (χ3v) is 4.88. The zero-order chi connectivity index (χ0) is 22.6. The summed E-state index contributed by atoms with van der Waals surface area (Å²) in [5.41, 5.74) is 7.09. The van der Waals surface area contributed by atoms with Crippen LogP contribution in [0.5, 0.6) is 0 Å². The molecule has 0 aliphatic heterocycles. The van der Waals surface area contributed by atoms with Gasteiger partial charge >= 0.3 is 5.69 Å². The molecule has 162 valence electrons. The van der Waals surface area contributed by atoms with Gasteiger partial charge in [0.25, 0.3) is 5.56 Å². The molecule has 9 nitrogen and oxygen atoms in total. The first-order valence-corrected chi connectivity index (χ1v) is 9.75. The predicted octanol–water partition coefficient (Wildman–Crippen LogP) is 0.909. The molecule has 0 unspecified atom stereocenters. The molecule has 0 aliphatic carbocycles. The second-order valence-corrected chi connectivity index (χ2v) is 7.47. The lowest BCUT2D eigenvalue weighted by molar-refractivity contribution is -0.116. The lowest BCUT2D eigenvalue weighted by Crippen LogP contribution is -2.44. The summed E-state index contributed by atoms with van der Waals surface area (Å²) in [7, 11) is 2.92. The van der Waals surface area contributed by atoms with Crippen LogP contribution in [0, 0.1) is 13.8 Å². The summed E-state index contributed by atoms with van der Waals surface area (Å²) in [6.45, 7) is 5.73. The number of nitrogen functional groups attached to an aromatic ring is 1. The van der Waals surface area contributed by atoms with E-state index in [1.54, 1.807) is 7.05 Å². The average molecular weight is 415 g/mol. The van der Waals surface area contributed by atoms with E-state index in [1.807, 2.05) is 39.0 Å². The van der Waals surface area contributed by atoms with Crippen molar-refractivity contribution >= 4 is 23.2 Å². The van der Waals surface area contributed by atoms with Crippen molar-refractivity contribution in [3.8, 4) is 0 Å². The molecule has 0 bridgehead atoms. The second kappa shape index (κ2) is 9.53. The largest absolute Gasteiger partial charge is 0.384 e. The zero-order valence-electron chi connectivity index (χ0n) is 18.1. The number of carbonyl (C=O) groups is 2. The Balaban J connectivity index is 2.17. The van der Waals surface area contributed by atoms with Gasteiger partial charge in [0, 0.05) is 19.3 Å². The van der Waals surface area contributed by atoms with Crippen molar-refractivity contribution in [2.24, 2.45) is 7.05 Å². The molecular formula is C21H29N5O4. The fourth-order valence-electron chi connectivity index (χ4n) is 3.30. The van der Waals surface area contributed by atoms with E-state index in [2.05, 4.69) is 5.32 Å². The Kier molecular flexibility index (Phi) is 7.33. The van der Waals surface area contributed by atoms with E-state index in [9.17, 15) is 19.2 Å². The Hall–Kier alpha value is -3.20. The minimum Gasteiger partial charge on any atom is -0.384 e. The molecule has 1 heterocycles.